The lowest BCUT2D eigenvalue weighted by molar-refractivity contribution is -0.137. The van der Waals surface area contributed by atoms with Gasteiger partial charge in [-0.25, -0.2) is 8.42 Å². The number of nitrogens with one attached hydrogen (secondary N) is 1. The molecule has 1 saturated carbocycles. The van der Waals surface area contributed by atoms with Crippen LogP contribution in [0.5, 0.6) is 0 Å². The maximum Gasteiger partial charge on any atom is 0.416 e. The summed E-state index contributed by atoms with van der Waals surface area (Å²) in [5.41, 5.74) is 7.17. The monoisotopic (exact) mass is 624 g/mol. The molecular formula is C30H27F3N6O4S. The van der Waals surface area contributed by atoms with Gasteiger partial charge in [0.25, 0.3) is 0 Å². The molecule has 10 nitrogen and oxygen atoms in total. The third kappa shape index (κ3) is 4.96. The highest BCUT2D eigenvalue weighted by Crippen LogP contribution is 2.49. The van der Waals surface area contributed by atoms with E-state index < -0.39 is 39.3 Å². The summed E-state index contributed by atoms with van der Waals surface area (Å²) in [6.45, 7) is 1.67. The van der Waals surface area contributed by atoms with Crippen LogP contribution in [0.15, 0.2) is 70.1 Å². The first kappa shape index (κ1) is 28.6. The number of rotatable bonds is 5. The van der Waals surface area contributed by atoms with Crippen molar-refractivity contribution in [3.63, 3.8) is 0 Å². The minimum Gasteiger partial charge on any atom is -0.420 e. The molecule has 228 valence electrons. The first-order valence-electron chi connectivity index (χ1n) is 14.0. The summed E-state index contributed by atoms with van der Waals surface area (Å²) in [7, 11) is -3.92. The van der Waals surface area contributed by atoms with Gasteiger partial charge in [0.1, 0.15) is 0 Å². The molecule has 0 spiro atoms. The number of piperidine rings is 2. The highest BCUT2D eigenvalue weighted by Gasteiger charge is 2.52. The molecule has 44 heavy (non-hydrogen) atoms. The summed E-state index contributed by atoms with van der Waals surface area (Å²) in [5, 5.41) is 11.9. The molecule has 1 amide bonds. The van der Waals surface area contributed by atoms with Crippen molar-refractivity contribution in [2.24, 2.45) is 11.7 Å². The molecule has 0 unspecified atom stereocenters. The maximum atomic E-state index is 13.5. The number of carbonyl (C=O) groups excluding carboxylic acids is 1. The van der Waals surface area contributed by atoms with Crippen LogP contribution in [0.4, 0.5) is 18.9 Å². The molecule has 4 aromatic rings. The molecule has 2 aromatic carbocycles. The standard InChI is InChI=1S/C30H27F3N6O4S/c31-30(32,33)21-5-2-19(3-6-21)23-7-1-17(13-36-23)14-39-24-9-20(4-8-25(24)44(41,42)15-22(34)27(39)40)26-37-38-28(43-26)29-10-18(11-29)12-35-16-29/h1-9,13,18,22,35H,10-12,14-16,34H2/t18?,22-,29?/m0/s1. The van der Waals surface area contributed by atoms with E-state index in [9.17, 15) is 26.4 Å². The molecule has 2 bridgehead atoms. The van der Waals surface area contributed by atoms with E-state index in [-0.39, 0.29) is 28.4 Å². The molecule has 5 heterocycles. The number of fused-ring (bicyclic) bond motifs is 3. The van der Waals surface area contributed by atoms with E-state index in [1.54, 1.807) is 24.3 Å². The molecule has 14 heteroatoms. The average molecular weight is 625 g/mol. The van der Waals surface area contributed by atoms with Gasteiger partial charge in [-0.2, -0.15) is 13.2 Å². The van der Waals surface area contributed by atoms with Gasteiger partial charge in [0.05, 0.1) is 45.6 Å². The van der Waals surface area contributed by atoms with E-state index in [1.165, 1.54) is 29.3 Å². The molecule has 2 aromatic heterocycles. The van der Waals surface area contributed by atoms with Crippen LogP contribution >= 0.6 is 0 Å². The third-order valence-electron chi connectivity index (χ3n) is 8.62. The predicted octanol–water partition coefficient (Wildman–Crippen LogP) is 3.72. The lowest BCUT2D eigenvalue weighted by Crippen LogP contribution is -2.57. The SMILES string of the molecule is N[C@H]1CS(=O)(=O)c2ccc(-c3nnc(C45CNCC(C4)C5)o3)cc2N(Cc2ccc(-c3ccc(C(F)(F)F)cc3)nc2)C1=O. The minimum atomic E-state index is -4.45. The van der Waals surface area contributed by atoms with Crippen molar-refractivity contribution in [3.8, 4) is 22.7 Å². The highest BCUT2D eigenvalue weighted by molar-refractivity contribution is 7.91. The fourth-order valence-electron chi connectivity index (χ4n) is 6.36. The number of aromatic nitrogens is 3. The molecule has 4 aliphatic rings. The fourth-order valence-corrected chi connectivity index (χ4v) is 7.92. The summed E-state index contributed by atoms with van der Waals surface area (Å²) in [5.74, 6) is 0.190. The number of hydrogen-bond acceptors (Lipinski definition) is 9. The smallest absolute Gasteiger partial charge is 0.416 e. The van der Waals surface area contributed by atoms with Crippen LogP contribution in [0, 0.1) is 5.92 Å². The Balaban J connectivity index is 1.20. The van der Waals surface area contributed by atoms with E-state index in [2.05, 4.69) is 20.5 Å². The van der Waals surface area contributed by atoms with E-state index in [0.29, 0.717) is 34.2 Å². The number of benzene rings is 2. The van der Waals surface area contributed by atoms with Crippen LogP contribution in [0.2, 0.25) is 0 Å². The minimum absolute atomic E-state index is 0.0477. The molecule has 0 radical (unpaired) electrons. The lowest BCUT2D eigenvalue weighted by Gasteiger charge is -2.50. The van der Waals surface area contributed by atoms with Gasteiger partial charge in [0.2, 0.25) is 17.7 Å². The second-order valence-corrected chi connectivity index (χ2v) is 13.7. The number of alkyl halides is 3. The number of pyridine rings is 1. The van der Waals surface area contributed by atoms with Gasteiger partial charge in [-0.15, -0.1) is 10.2 Å². The predicted molar refractivity (Wildman–Crippen MR) is 153 cm³/mol. The first-order valence-corrected chi connectivity index (χ1v) is 15.7. The van der Waals surface area contributed by atoms with Crippen molar-refractivity contribution in [1.29, 1.82) is 0 Å². The Kier molecular flexibility index (Phi) is 6.64. The molecule has 3 fully saturated rings. The van der Waals surface area contributed by atoms with Crippen molar-refractivity contribution in [3.05, 3.63) is 77.8 Å². The zero-order valence-electron chi connectivity index (χ0n) is 23.2. The maximum absolute atomic E-state index is 13.5. The van der Waals surface area contributed by atoms with Crippen molar-refractivity contribution in [1.82, 2.24) is 20.5 Å². The number of halogens is 3. The molecule has 2 saturated heterocycles. The van der Waals surface area contributed by atoms with Gasteiger partial charge in [-0.05, 0) is 67.3 Å². The molecule has 1 atom stereocenters. The largest absolute Gasteiger partial charge is 0.420 e. The second kappa shape index (κ2) is 10.2. The Hall–Kier alpha value is -4.14. The van der Waals surface area contributed by atoms with Crippen LogP contribution < -0.4 is 16.0 Å². The zero-order chi connectivity index (χ0) is 30.9. The third-order valence-corrected chi connectivity index (χ3v) is 10.4. The summed E-state index contributed by atoms with van der Waals surface area (Å²) < 4.78 is 71.4. The molecular weight excluding hydrogens is 597 g/mol. The van der Waals surface area contributed by atoms with E-state index >= 15 is 0 Å². The number of anilines is 1. The Morgan fingerprint density at radius 3 is 2.45 bits per heavy atom. The Morgan fingerprint density at radius 1 is 1.05 bits per heavy atom. The summed E-state index contributed by atoms with van der Waals surface area (Å²) in [6, 6.07) is 11.2. The van der Waals surface area contributed by atoms with E-state index in [0.717, 1.165) is 38.1 Å². The summed E-state index contributed by atoms with van der Waals surface area (Å²) >= 11 is 0. The number of nitrogens with zero attached hydrogens (tertiary/aromatic N) is 4. The summed E-state index contributed by atoms with van der Waals surface area (Å²) in [6.07, 6.45) is -1.02. The molecule has 3 N–H and O–H groups in total. The topological polar surface area (TPSA) is 144 Å². The quantitative estimate of drug-likeness (QED) is 0.340. The highest BCUT2D eigenvalue weighted by atomic mass is 32.2. The van der Waals surface area contributed by atoms with Gasteiger partial charge in [0, 0.05) is 23.9 Å². The van der Waals surface area contributed by atoms with Gasteiger partial charge in [0.15, 0.2) is 9.84 Å². The van der Waals surface area contributed by atoms with Gasteiger partial charge < -0.3 is 20.4 Å². The average Bonchev–Trinajstić information content (AvgIpc) is 3.48. The number of carbonyl (C=O) groups is 1. The number of nitrogens with two attached hydrogens (primary N) is 1. The number of sulfone groups is 1. The van der Waals surface area contributed by atoms with Gasteiger partial charge >= 0.3 is 6.18 Å². The molecule has 1 aliphatic carbocycles. The van der Waals surface area contributed by atoms with Crippen LogP contribution in [-0.4, -0.2) is 54.4 Å². The van der Waals surface area contributed by atoms with Crippen LogP contribution in [0.1, 0.15) is 29.9 Å². The Morgan fingerprint density at radius 2 is 1.80 bits per heavy atom. The Labute approximate surface area is 250 Å². The van der Waals surface area contributed by atoms with Crippen molar-refractivity contribution >= 4 is 21.4 Å². The molecule has 3 aliphatic heterocycles. The van der Waals surface area contributed by atoms with E-state index in [4.69, 9.17) is 10.2 Å². The molecule has 8 rings (SSSR count). The lowest BCUT2D eigenvalue weighted by atomic mass is 9.59. The van der Waals surface area contributed by atoms with Gasteiger partial charge in [-0.1, -0.05) is 18.2 Å². The Bertz CT molecular complexity index is 1850. The van der Waals surface area contributed by atoms with Gasteiger partial charge in [-0.3, -0.25) is 9.78 Å². The number of hydrogen-bond donors (Lipinski definition) is 2. The van der Waals surface area contributed by atoms with Crippen LogP contribution in [-0.2, 0) is 32.8 Å². The zero-order valence-corrected chi connectivity index (χ0v) is 24.0. The normalized spacial score (nSPS) is 24.4. The number of amides is 1. The second-order valence-electron chi connectivity index (χ2n) is 11.7. The summed E-state index contributed by atoms with van der Waals surface area (Å²) in [4.78, 5) is 19.1. The van der Waals surface area contributed by atoms with E-state index in [1.807, 2.05) is 0 Å². The van der Waals surface area contributed by atoms with Crippen molar-refractivity contribution in [2.45, 2.75) is 41.9 Å². The van der Waals surface area contributed by atoms with Crippen molar-refractivity contribution < 1.29 is 30.8 Å². The fraction of sp³-hybridized carbons (Fsp3) is 0.333. The van der Waals surface area contributed by atoms with Crippen molar-refractivity contribution in [2.75, 3.05) is 23.7 Å². The first-order chi connectivity index (χ1) is 20.9. The van der Waals surface area contributed by atoms with Crippen LogP contribution in [0.25, 0.3) is 22.7 Å². The van der Waals surface area contributed by atoms with Crippen LogP contribution in [0.3, 0.4) is 0 Å².